The molecule has 0 unspecified atom stereocenters. The first kappa shape index (κ1) is 19.8. The number of Topliss-reactive ketones (excluding diaryl/α,β-unsaturated/α-hetero) is 1. The minimum Gasteiger partial charge on any atom is -0.382 e. The number of nitrogen functional groups attached to an aromatic ring is 1. The van der Waals surface area contributed by atoms with Crippen molar-refractivity contribution < 1.29 is 9.59 Å². The van der Waals surface area contributed by atoms with E-state index in [2.05, 4.69) is 15.3 Å². The summed E-state index contributed by atoms with van der Waals surface area (Å²) in [4.78, 5) is 32.7. The Bertz CT molecular complexity index is 1070. The number of hydrogen-bond acceptors (Lipinski definition) is 5. The van der Waals surface area contributed by atoms with Crippen LogP contribution in [0.25, 0.3) is 0 Å². The third kappa shape index (κ3) is 4.47. The van der Waals surface area contributed by atoms with E-state index in [4.69, 9.17) is 28.9 Å². The lowest BCUT2D eigenvalue weighted by atomic mass is 10.0. The maximum atomic E-state index is 12.6. The van der Waals surface area contributed by atoms with Crippen molar-refractivity contribution in [3.8, 4) is 0 Å². The second-order valence-electron chi connectivity index (χ2n) is 6.14. The Labute approximate surface area is 171 Å². The molecule has 1 amide bonds. The number of nitrogens with zero attached hydrogens (tertiary/aromatic N) is 2. The Morgan fingerprint density at radius 1 is 1.11 bits per heavy atom. The quantitative estimate of drug-likeness (QED) is 0.604. The van der Waals surface area contributed by atoms with Gasteiger partial charge in [-0.1, -0.05) is 47.5 Å². The molecule has 1 aromatic heterocycles. The minimum atomic E-state index is -0.540. The maximum Gasteiger partial charge on any atom is 0.276 e. The summed E-state index contributed by atoms with van der Waals surface area (Å²) >= 11 is 12.0. The van der Waals surface area contributed by atoms with Crippen LogP contribution in [-0.4, -0.2) is 21.7 Å². The van der Waals surface area contributed by atoms with E-state index in [0.717, 1.165) is 17.5 Å². The Morgan fingerprint density at radius 2 is 1.89 bits per heavy atom. The van der Waals surface area contributed by atoms with Crippen molar-refractivity contribution >= 4 is 46.4 Å². The number of benzene rings is 2. The van der Waals surface area contributed by atoms with Crippen molar-refractivity contribution in [1.29, 1.82) is 0 Å². The zero-order chi connectivity index (χ0) is 20.3. The molecule has 2 aromatic carbocycles. The van der Waals surface area contributed by atoms with Gasteiger partial charge in [-0.15, -0.1) is 0 Å². The van der Waals surface area contributed by atoms with Gasteiger partial charge in [0.15, 0.2) is 11.5 Å². The Balaban J connectivity index is 1.82. The molecule has 0 spiro atoms. The normalized spacial score (nSPS) is 10.5. The van der Waals surface area contributed by atoms with E-state index in [0.29, 0.717) is 16.3 Å². The highest BCUT2D eigenvalue weighted by atomic mass is 35.5. The number of amides is 1. The van der Waals surface area contributed by atoms with Gasteiger partial charge in [-0.05, 0) is 36.2 Å². The summed E-state index contributed by atoms with van der Waals surface area (Å²) in [6.07, 6.45) is 1.36. The fourth-order valence-electron chi connectivity index (χ4n) is 2.59. The Hall–Kier alpha value is -2.96. The predicted molar refractivity (Wildman–Crippen MR) is 110 cm³/mol. The fraction of sp³-hybridized carbons (Fsp3) is 0.100. The SMILES string of the molecule is Cc1ccc(C(=O)Cc2cccc(Cl)c2)cc1NC(=O)c1ncnc(N)c1Cl. The van der Waals surface area contributed by atoms with Gasteiger partial charge in [-0.2, -0.15) is 0 Å². The van der Waals surface area contributed by atoms with Crippen molar-refractivity contribution in [3.05, 3.63) is 81.2 Å². The van der Waals surface area contributed by atoms with Crippen LogP contribution in [0.15, 0.2) is 48.8 Å². The van der Waals surface area contributed by atoms with Crippen LogP contribution >= 0.6 is 23.2 Å². The summed E-state index contributed by atoms with van der Waals surface area (Å²) < 4.78 is 0. The van der Waals surface area contributed by atoms with Gasteiger partial charge in [0.1, 0.15) is 17.2 Å². The molecular formula is C20H16Cl2N4O2. The van der Waals surface area contributed by atoms with Crippen LogP contribution in [0.3, 0.4) is 0 Å². The number of halogens is 2. The number of anilines is 2. The number of carbonyl (C=O) groups excluding carboxylic acids is 2. The molecule has 3 rings (SSSR count). The van der Waals surface area contributed by atoms with Gasteiger partial charge in [0, 0.05) is 22.7 Å². The van der Waals surface area contributed by atoms with Gasteiger partial charge in [-0.3, -0.25) is 9.59 Å². The monoisotopic (exact) mass is 414 g/mol. The van der Waals surface area contributed by atoms with Crippen LogP contribution in [-0.2, 0) is 6.42 Å². The molecule has 0 atom stereocenters. The number of carbonyl (C=O) groups is 2. The summed E-state index contributed by atoms with van der Waals surface area (Å²) in [6.45, 7) is 1.82. The molecule has 0 aliphatic carbocycles. The zero-order valence-electron chi connectivity index (χ0n) is 14.9. The van der Waals surface area contributed by atoms with Gasteiger partial charge in [-0.25, -0.2) is 9.97 Å². The molecule has 3 N–H and O–H groups in total. The highest BCUT2D eigenvalue weighted by Gasteiger charge is 2.17. The lowest BCUT2D eigenvalue weighted by Crippen LogP contribution is -2.16. The highest BCUT2D eigenvalue weighted by molar-refractivity contribution is 6.36. The molecule has 6 nitrogen and oxygen atoms in total. The zero-order valence-corrected chi connectivity index (χ0v) is 16.4. The number of hydrogen-bond donors (Lipinski definition) is 2. The molecule has 0 saturated carbocycles. The van der Waals surface area contributed by atoms with E-state index in [9.17, 15) is 9.59 Å². The van der Waals surface area contributed by atoms with Gasteiger partial charge in [0.05, 0.1) is 0 Å². The van der Waals surface area contributed by atoms with Crippen molar-refractivity contribution in [2.45, 2.75) is 13.3 Å². The number of aryl methyl sites for hydroxylation is 1. The third-order valence-corrected chi connectivity index (χ3v) is 4.70. The van der Waals surface area contributed by atoms with Gasteiger partial charge in [0.25, 0.3) is 5.91 Å². The molecule has 0 saturated heterocycles. The molecule has 0 aliphatic heterocycles. The minimum absolute atomic E-state index is 0.0176. The summed E-state index contributed by atoms with van der Waals surface area (Å²) in [5.41, 5.74) is 8.12. The fourth-order valence-corrected chi connectivity index (χ4v) is 2.98. The molecule has 142 valence electrons. The summed E-state index contributed by atoms with van der Waals surface area (Å²) in [6, 6.07) is 12.2. The summed E-state index contributed by atoms with van der Waals surface area (Å²) in [5.74, 6) is -0.618. The third-order valence-electron chi connectivity index (χ3n) is 4.09. The van der Waals surface area contributed by atoms with Gasteiger partial charge in [0.2, 0.25) is 0 Å². The standard InChI is InChI=1S/C20H16Cl2N4O2/c1-11-5-6-13(16(27)8-12-3-2-4-14(21)7-12)9-15(11)26-20(28)18-17(22)19(23)25-10-24-18/h2-7,9-10H,8H2,1H3,(H,26,28)(H2,23,24,25). The van der Waals surface area contributed by atoms with Crippen LogP contribution in [0.5, 0.6) is 0 Å². The van der Waals surface area contributed by atoms with Crippen molar-refractivity contribution in [1.82, 2.24) is 9.97 Å². The smallest absolute Gasteiger partial charge is 0.276 e. The van der Waals surface area contributed by atoms with Crippen LogP contribution in [0, 0.1) is 6.92 Å². The van der Waals surface area contributed by atoms with Crippen LogP contribution in [0.1, 0.15) is 32.0 Å². The van der Waals surface area contributed by atoms with Crippen molar-refractivity contribution in [2.75, 3.05) is 11.1 Å². The van der Waals surface area contributed by atoms with E-state index in [-0.39, 0.29) is 28.7 Å². The lowest BCUT2D eigenvalue weighted by molar-refractivity contribution is 0.0989. The number of nitrogens with one attached hydrogen (secondary N) is 1. The van der Waals surface area contributed by atoms with Crippen LogP contribution in [0.2, 0.25) is 10.0 Å². The second-order valence-corrected chi connectivity index (χ2v) is 6.95. The number of ketones is 1. The summed E-state index contributed by atoms with van der Waals surface area (Å²) in [5, 5.41) is 3.27. The first-order chi connectivity index (χ1) is 13.3. The molecule has 3 aromatic rings. The first-order valence-corrected chi connectivity index (χ1v) is 9.06. The van der Waals surface area contributed by atoms with E-state index in [1.165, 1.54) is 0 Å². The predicted octanol–water partition coefficient (Wildman–Crippen LogP) is 4.35. The van der Waals surface area contributed by atoms with E-state index >= 15 is 0 Å². The largest absolute Gasteiger partial charge is 0.382 e. The second kappa shape index (κ2) is 8.37. The molecule has 8 heteroatoms. The van der Waals surface area contributed by atoms with E-state index in [1.54, 1.807) is 36.4 Å². The molecule has 0 bridgehead atoms. The molecule has 0 radical (unpaired) electrons. The molecule has 0 fully saturated rings. The van der Waals surface area contributed by atoms with Crippen molar-refractivity contribution in [2.24, 2.45) is 0 Å². The molecule has 28 heavy (non-hydrogen) atoms. The highest BCUT2D eigenvalue weighted by Crippen LogP contribution is 2.23. The number of rotatable bonds is 5. The van der Waals surface area contributed by atoms with Gasteiger partial charge < -0.3 is 11.1 Å². The van der Waals surface area contributed by atoms with E-state index < -0.39 is 5.91 Å². The summed E-state index contributed by atoms with van der Waals surface area (Å²) in [7, 11) is 0. The average Bonchev–Trinajstić information content (AvgIpc) is 2.65. The Morgan fingerprint density at radius 3 is 2.64 bits per heavy atom. The Kier molecular flexibility index (Phi) is 5.92. The lowest BCUT2D eigenvalue weighted by Gasteiger charge is -2.11. The van der Waals surface area contributed by atoms with Crippen LogP contribution in [0.4, 0.5) is 11.5 Å². The van der Waals surface area contributed by atoms with Crippen molar-refractivity contribution in [3.63, 3.8) is 0 Å². The number of nitrogens with two attached hydrogens (primary N) is 1. The van der Waals surface area contributed by atoms with Gasteiger partial charge >= 0.3 is 0 Å². The first-order valence-electron chi connectivity index (χ1n) is 8.31. The molecule has 1 heterocycles. The van der Waals surface area contributed by atoms with Crippen LogP contribution < -0.4 is 11.1 Å². The molecule has 0 aliphatic rings. The van der Waals surface area contributed by atoms with E-state index in [1.807, 2.05) is 13.0 Å². The topological polar surface area (TPSA) is 98.0 Å². The maximum absolute atomic E-state index is 12.6. The average molecular weight is 415 g/mol. The molecular weight excluding hydrogens is 399 g/mol. The number of aromatic nitrogens is 2.